The summed E-state index contributed by atoms with van der Waals surface area (Å²) in [7, 11) is 0. The van der Waals surface area contributed by atoms with Gasteiger partial charge in [0.1, 0.15) is 0 Å². The van der Waals surface area contributed by atoms with Gasteiger partial charge in [0, 0.05) is 34.8 Å². The summed E-state index contributed by atoms with van der Waals surface area (Å²) in [6, 6.07) is 14.4. The van der Waals surface area contributed by atoms with Crippen LogP contribution < -0.4 is 0 Å². The Labute approximate surface area is 166 Å². The number of aryl methyl sites for hydroxylation is 1. The van der Waals surface area contributed by atoms with Crippen LogP contribution in [0, 0.1) is 6.92 Å². The van der Waals surface area contributed by atoms with Gasteiger partial charge in [0.05, 0.1) is 11.3 Å². The molecule has 6 heteroatoms. The average molecular weight is 393 g/mol. The molecule has 0 spiro atoms. The molecule has 0 radical (unpaired) electrons. The number of aromatic carboxylic acids is 1. The van der Waals surface area contributed by atoms with E-state index in [1.165, 1.54) is 0 Å². The molecule has 2 N–H and O–H groups in total. The van der Waals surface area contributed by atoms with Crippen molar-refractivity contribution in [3.05, 3.63) is 87.7 Å². The minimum atomic E-state index is -0.973. The fraction of sp³-hybridized carbons (Fsp3) is 0.136. The molecule has 0 fully saturated rings. The van der Waals surface area contributed by atoms with Crippen LogP contribution in [0.1, 0.15) is 45.1 Å². The third-order valence-electron chi connectivity index (χ3n) is 5.10. The number of oxime groups is 1. The van der Waals surface area contributed by atoms with Crippen molar-refractivity contribution in [2.45, 2.75) is 19.3 Å². The molecule has 0 unspecified atom stereocenters. The number of halogens is 1. The van der Waals surface area contributed by atoms with Crippen LogP contribution >= 0.6 is 11.6 Å². The summed E-state index contributed by atoms with van der Waals surface area (Å²) in [6.07, 6.45) is 2.15. The Bertz CT molecular complexity index is 1120. The van der Waals surface area contributed by atoms with Crippen molar-refractivity contribution in [1.29, 1.82) is 0 Å². The summed E-state index contributed by atoms with van der Waals surface area (Å²) in [5, 5.41) is 23.1. The van der Waals surface area contributed by atoms with Crippen LogP contribution in [-0.2, 0) is 0 Å². The number of rotatable bonds is 4. The second kappa shape index (κ2) is 7.09. The number of carboxylic acids is 1. The van der Waals surface area contributed by atoms with E-state index in [9.17, 15) is 15.1 Å². The van der Waals surface area contributed by atoms with Crippen molar-refractivity contribution in [2.24, 2.45) is 5.16 Å². The lowest BCUT2D eigenvalue weighted by Gasteiger charge is -2.15. The first-order chi connectivity index (χ1) is 13.5. The molecule has 5 nitrogen and oxygen atoms in total. The van der Waals surface area contributed by atoms with Crippen molar-refractivity contribution in [3.63, 3.8) is 0 Å². The molecule has 1 aliphatic rings. The van der Waals surface area contributed by atoms with Crippen LogP contribution in [-0.4, -0.2) is 27.0 Å². The van der Waals surface area contributed by atoms with Gasteiger partial charge in [0.15, 0.2) is 0 Å². The van der Waals surface area contributed by atoms with Gasteiger partial charge in [0.2, 0.25) is 0 Å². The highest BCUT2D eigenvalue weighted by atomic mass is 35.5. The summed E-state index contributed by atoms with van der Waals surface area (Å²) in [5.74, 6) is -1.04. The lowest BCUT2D eigenvalue weighted by molar-refractivity contribution is 0.0697. The standard InChI is InChI=1S/C22H17ClN2O3/c1-12-8-13(6-7-24-12)21(25-28)11-20-16-4-2-14(22(26)27)9-18(16)19-10-15(23)3-5-17(19)20/h2-10,20,28H,11H2,1H3,(H,26,27)/b25-21+/t20-/m0/s1. The number of hydrogen-bond acceptors (Lipinski definition) is 4. The molecule has 4 rings (SSSR count). The van der Waals surface area contributed by atoms with Gasteiger partial charge in [-0.25, -0.2) is 4.79 Å². The van der Waals surface area contributed by atoms with Crippen LogP contribution in [0.2, 0.25) is 5.02 Å². The lowest BCUT2D eigenvalue weighted by atomic mass is 9.89. The number of fused-ring (bicyclic) bond motifs is 3. The summed E-state index contributed by atoms with van der Waals surface area (Å²) >= 11 is 6.20. The van der Waals surface area contributed by atoms with Gasteiger partial charge in [0.25, 0.3) is 0 Å². The molecule has 1 heterocycles. The van der Waals surface area contributed by atoms with Gasteiger partial charge >= 0.3 is 5.97 Å². The van der Waals surface area contributed by atoms with E-state index in [0.29, 0.717) is 17.2 Å². The quantitative estimate of drug-likeness (QED) is 0.366. The molecule has 1 aliphatic carbocycles. The molecule has 0 aliphatic heterocycles. The fourth-order valence-electron chi connectivity index (χ4n) is 3.81. The molecule has 1 atom stereocenters. The normalized spacial score (nSPS) is 15.2. The maximum absolute atomic E-state index is 11.4. The minimum absolute atomic E-state index is 0.0653. The van der Waals surface area contributed by atoms with Crippen LogP contribution in [0.15, 0.2) is 59.9 Å². The number of nitrogens with zero attached hydrogens (tertiary/aromatic N) is 2. The van der Waals surface area contributed by atoms with Crippen molar-refractivity contribution in [3.8, 4) is 11.1 Å². The van der Waals surface area contributed by atoms with E-state index in [1.54, 1.807) is 18.3 Å². The third kappa shape index (κ3) is 3.14. The molecule has 28 heavy (non-hydrogen) atoms. The molecule has 0 saturated carbocycles. The molecule has 1 aromatic heterocycles. The summed E-state index contributed by atoms with van der Waals surface area (Å²) < 4.78 is 0. The number of aromatic nitrogens is 1. The molecule has 0 bridgehead atoms. The SMILES string of the molecule is Cc1cc(/C(C[C@@H]2c3ccc(Cl)cc3-c3cc(C(=O)O)ccc32)=N/O)ccn1. The molecular formula is C22H17ClN2O3. The van der Waals surface area contributed by atoms with E-state index in [-0.39, 0.29) is 11.5 Å². The number of pyridine rings is 1. The Morgan fingerprint density at radius 2 is 1.79 bits per heavy atom. The summed E-state index contributed by atoms with van der Waals surface area (Å²) in [6.45, 7) is 1.88. The van der Waals surface area contributed by atoms with E-state index in [4.69, 9.17) is 11.6 Å². The van der Waals surface area contributed by atoms with Crippen molar-refractivity contribution in [2.75, 3.05) is 0 Å². The van der Waals surface area contributed by atoms with E-state index < -0.39 is 5.97 Å². The van der Waals surface area contributed by atoms with Crippen molar-refractivity contribution >= 4 is 23.3 Å². The molecular weight excluding hydrogens is 376 g/mol. The van der Waals surface area contributed by atoms with Crippen LogP contribution in [0.5, 0.6) is 0 Å². The Morgan fingerprint density at radius 1 is 1.07 bits per heavy atom. The maximum atomic E-state index is 11.4. The van der Waals surface area contributed by atoms with Crippen molar-refractivity contribution < 1.29 is 15.1 Å². The number of carbonyl (C=O) groups is 1. The van der Waals surface area contributed by atoms with Gasteiger partial charge < -0.3 is 10.3 Å². The monoisotopic (exact) mass is 392 g/mol. The highest BCUT2D eigenvalue weighted by Gasteiger charge is 2.31. The van der Waals surface area contributed by atoms with E-state index >= 15 is 0 Å². The van der Waals surface area contributed by atoms with Crippen LogP contribution in [0.25, 0.3) is 11.1 Å². The third-order valence-corrected chi connectivity index (χ3v) is 5.34. The fourth-order valence-corrected chi connectivity index (χ4v) is 3.99. The lowest BCUT2D eigenvalue weighted by Crippen LogP contribution is -2.09. The zero-order chi connectivity index (χ0) is 19.8. The summed E-state index contributed by atoms with van der Waals surface area (Å²) in [5.41, 5.74) is 6.22. The van der Waals surface area contributed by atoms with Crippen LogP contribution in [0.3, 0.4) is 0 Å². The molecule has 140 valence electrons. The molecule has 0 amide bonds. The Hall–Kier alpha value is -3.18. The van der Waals surface area contributed by atoms with Gasteiger partial charge in [-0.2, -0.15) is 0 Å². The Balaban J connectivity index is 1.81. The van der Waals surface area contributed by atoms with Gasteiger partial charge in [-0.05, 0) is 65.6 Å². The zero-order valence-electron chi connectivity index (χ0n) is 15.1. The van der Waals surface area contributed by atoms with Crippen molar-refractivity contribution in [1.82, 2.24) is 4.98 Å². The van der Waals surface area contributed by atoms with Gasteiger partial charge in [-0.1, -0.05) is 28.9 Å². The predicted octanol–water partition coefficient (Wildman–Crippen LogP) is 5.12. The Morgan fingerprint density at radius 3 is 2.46 bits per heavy atom. The molecule has 2 aromatic carbocycles. The largest absolute Gasteiger partial charge is 0.478 e. The second-order valence-electron chi connectivity index (χ2n) is 6.83. The molecule has 3 aromatic rings. The number of benzene rings is 2. The first-order valence-corrected chi connectivity index (χ1v) is 9.16. The molecule has 0 saturated heterocycles. The second-order valence-corrected chi connectivity index (χ2v) is 7.26. The van der Waals surface area contributed by atoms with Gasteiger partial charge in [-0.3, -0.25) is 4.98 Å². The summed E-state index contributed by atoms with van der Waals surface area (Å²) in [4.78, 5) is 15.6. The highest BCUT2D eigenvalue weighted by Crippen LogP contribution is 2.48. The predicted molar refractivity (Wildman–Crippen MR) is 108 cm³/mol. The topological polar surface area (TPSA) is 82.8 Å². The van der Waals surface area contributed by atoms with Gasteiger partial charge in [-0.15, -0.1) is 0 Å². The smallest absolute Gasteiger partial charge is 0.335 e. The Kier molecular flexibility index (Phi) is 4.61. The van der Waals surface area contributed by atoms with Crippen LogP contribution in [0.4, 0.5) is 0 Å². The average Bonchev–Trinajstić information content (AvgIpc) is 2.98. The first kappa shape index (κ1) is 18.2. The van der Waals surface area contributed by atoms with E-state index in [1.807, 2.05) is 43.3 Å². The number of hydrogen-bond donors (Lipinski definition) is 2. The van der Waals surface area contributed by atoms with E-state index in [0.717, 1.165) is 33.5 Å². The number of carboxylic acid groups (broad SMARTS) is 1. The minimum Gasteiger partial charge on any atom is -0.478 e. The maximum Gasteiger partial charge on any atom is 0.335 e. The zero-order valence-corrected chi connectivity index (χ0v) is 15.8. The highest BCUT2D eigenvalue weighted by molar-refractivity contribution is 6.31. The van der Waals surface area contributed by atoms with E-state index in [2.05, 4.69) is 10.1 Å². The first-order valence-electron chi connectivity index (χ1n) is 8.79.